The van der Waals surface area contributed by atoms with Crippen LogP contribution in [0, 0.1) is 6.92 Å². The van der Waals surface area contributed by atoms with Crippen molar-refractivity contribution in [3.05, 3.63) is 11.8 Å². The minimum absolute atomic E-state index is 0.0123. The zero-order valence-electron chi connectivity index (χ0n) is 9.95. The largest absolute Gasteiger partial charge is 0.478 e. The lowest BCUT2D eigenvalue weighted by Crippen LogP contribution is -2.35. The lowest BCUT2D eigenvalue weighted by molar-refractivity contribution is -0.198. The van der Waals surface area contributed by atoms with Gasteiger partial charge in [0.2, 0.25) is 11.8 Å². The molecule has 5 nitrogen and oxygen atoms in total. The van der Waals surface area contributed by atoms with E-state index < -0.39 is 18.8 Å². The van der Waals surface area contributed by atoms with Gasteiger partial charge < -0.3 is 15.2 Å². The molecule has 1 aromatic heterocycles. The van der Waals surface area contributed by atoms with Crippen LogP contribution in [0.25, 0.3) is 0 Å². The summed E-state index contributed by atoms with van der Waals surface area (Å²) >= 11 is 0. The standard InChI is InChI=1S/C10H14F3N3O2/c1-3-18-8-4-6(2)15-9(16-8)14-5-7(17)10(11,12)13/h4,7,17H,3,5H2,1-2H3,(H,14,15,16). The third-order valence-corrected chi connectivity index (χ3v) is 1.95. The first-order valence-corrected chi connectivity index (χ1v) is 5.30. The minimum atomic E-state index is -4.67. The SMILES string of the molecule is CCOc1cc(C)nc(NCC(O)C(F)(F)F)n1. The molecule has 1 atom stereocenters. The van der Waals surface area contributed by atoms with Crippen molar-refractivity contribution in [2.24, 2.45) is 0 Å². The number of rotatable bonds is 5. The number of nitrogens with one attached hydrogen (secondary N) is 1. The lowest BCUT2D eigenvalue weighted by Gasteiger charge is -2.15. The Hall–Kier alpha value is -1.57. The molecule has 8 heteroatoms. The van der Waals surface area contributed by atoms with E-state index in [1.54, 1.807) is 19.9 Å². The van der Waals surface area contributed by atoms with Gasteiger partial charge in [0, 0.05) is 11.8 Å². The number of ether oxygens (including phenoxy) is 1. The summed E-state index contributed by atoms with van der Waals surface area (Å²) in [5.41, 5.74) is 0.553. The first kappa shape index (κ1) is 14.5. The van der Waals surface area contributed by atoms with Gasteiger partial charge in [-0.15, -0.1) is 0 Å². The van der Waals surface area contributed by atoms with Crippen LogP contribution >= 0.6 is 0 Å². The maximum absolute atomic E-state index is 12.1. The fourth-order valence-corrected chi connectivity index (χ4v) is 1.14. The average Bonchev–Trinajstić information content (AvgIpc) is 2.24. The highest BCUT2D eigenvalue weighted by molar-refractivity contribution is 5.30. The van der Waals surface area contributed by atoms with Gasteiger partial charge in [0.15, 0.2) is 6.10 Å². The first-order valence-electron chi connectivity index (χ1n) is 5.30. The van der Waals surface area contributed by atoms with Gasteiger partial charge in [0.1, 0.15) is 0 Å². The number of alkyl halides is 3. The molecule has 0 aromatic carbocycles. The van der Waals surface area contributed by atoms with E-state index in [1.807, 2.05) is 0 Å². The van der Waals surface area contributed by atoms with E-state index in [9.17, 15) is 13.2 Å². The van der Waals surface area contributed by atoms with Gasteiger partial charge in [-0.3, -0.25) is 0 Å². The number of halogens is 3. The van der Waals surface area contributed by atoms with Crippen LogP contribution in [0.2, 0.25) is 0 Å². The Morgan fingerprint density at radius 2 is 2.11 bits per heavy atom. The van der Waals surface area contributed by atoms with Crippen molar-refractivity contribution in [2.45, 2.75) is 26.1 Å². The van der Waals surface area contributed by atoms with Crippen LogP contribution in [0.1, 0.15) is 12.6 Å². The van der Waals surface area contributed by atoms with Crippen molar-refractivity contribution in [2.75, 3.05) is 18.5 Å². The topological polar surface area (TPSA) is 67.3 Å². The number of nitrogens with zero attached hydrogens (tertiary/aromatic N) is 2. The van der Waals surface area contributed by atoms with E-state index in [-0.39, 0.29) is 11.8 Å². The summed E-state index contributed by atoms with van der Waals surface area (Å²) in [5.74, 6) is 0.260. The van der Waals surface area contributed by atoms with Crippen LogP contribution in [0.15, 0.2) is 6.07 Å². The Morgan fingerprint density at radius 3 is 2.67 bits per heavy atom. The molecule has 0 amide bonds. The second kappa shape index (κ2) is 5.85. The van der Waals surface area contributed by atoms with Gasteiger partial charge in [-0.1, -0.05) is 0 Å². The highest BCUT2D eigenvalue weighted by Gasteiger charge is 2.37. The van der Waals surface area contributed by atoms with Crippen molar-refractivity contribution in [3.63, 3.8) is 0 Å². The Balaban J connectivity index is 2.67. The Bertz CT molecular complexity index is 398. The predicted octanol–water partition coefficient (Wildman–Crippen LogP) is 1.52. The molecule has 102 valence electrons. The molecular weight excluding hydrogens is 251 g/mol. The molecule has 1 heterocycles. The Kier molecular flexibility index (Phi) is 4.71. The van der Waals surface area contributed by atoms with Crippen LogP contribution in [-0.2, 0) is 0 Å². The number of aromatic nitrogens is 2. The summed E-state index contributed by atoms with van der Waals surface area (Å²) in [6.07, 6.45) is -7.13. The summed E-state index contributed by atoms with van der Waals surface area (Å²) in [7, 11) is 0. The minimum Gasteiger partial charge on any atom is -0.478 e. The van der Waals surface area contributed by atoms with Gasteiger partial charge in [-0.05, 0) is 13.8 Å². The van der Waals surface area contributed by atoms with E-state index in [1.165, 1.54) is 0 Å². The molecule has 0 aliphatic carbocycles. The number of hydrogen-bond acceptors (Lipinski definition) is 5. The number of hydrogen-bond donors (Lipinski definition) is 2. The monoisotopic (exact) mass is 265 g/mol. The first-order chi connectivity index (χ1) is 8.32. The van der Waals surface area contributed by atoms with Gasteiger partial charge in [-0.25, -0.2) is 4.98 Å². The number of aryl methyl sites for hydroxylation is 1. The second-order valence-corrected chi connectivity index (χ2v) is 3.54. The zero-order chi connectivity index (χ0) is 13.8. The number of aliphatic hydroxyl groups is 1. The van der Waals surface area contributed by atoms with Crippen LogP contribution in [0.4, 0.5) is 19.1 Å². The summed E-state index contributed by atoms with van der Waals surface area (Å²) in [6.45, 7) is 3.10. The molecule has 18 heavy (non-hydrogen) atoms. The van der Waals surface area contributed by atoms with Crippen molar-refractivity contribution in [3.8, 4) is 5.88 Å². The van der Waals surface area contributed by atoms with Crippen LogP contribution in [0.3, 0.4) is 0 Å². The Morgan fingerprint density at radius 1 is 1.44 bits per heavy atom. The third-order valence-electron chi connectivity index (χ3n) is 1.95. The summed E-state index contributed by atoms with van der Waals surface area (Å²) in [6, 6.07) is 1.56. The molecule has 0 aliphatic rings. The number of aliphatic hydroxyl groups excluding tert-OH is 1. The molecule has 2 N–H and O–H groups in total. The van der Waals surface area contributed by atoms with Crippen molar-refractivity contribution in [1.29, 1.82) is 0 Å². The predicted molar refractivity (Wildman–Crippen MR) is 58.5 cm³/mol. The molecule has 1 aromatic rings. The average molecular weight is 265 g/mol. The second-order valence-electron chi connectivity index (χ2n) is 3.54. The summed E-state index contributed by atoms with van der Waals surface area (Å²) in [5, 5.41) is 11.1. The zero-order valence-corrected chi connectivity index (χ0v) is 9.95. The van der Waals surface area contributed by atoms with E-state index in [2.05, 4.69) is 15.3 Å². The quantitative estimate of drug-likeness (QED) is 0.845. The molecule has 0 aliphatic heterocycles. The van der Waals surface area contributed by atoms with Crippen molar-refractivity contribution in [1.82, 2.24) is 9.97 Å². The highest BCUT2D eigenvalue weighted by atomic mass is 19.4. The number of anilines is 1. The normalized spacial score (nSPS) is 13.2. The summed E-state index contributed by atoms with van der Waals surface area (Å²) < 4.78 is 41.4. The molecule has 0 radical (unpaired) electrons. The molecule has 0 spiro atoms. The molecule has 0 saturated carbocycles. The maximum atomic E-state index is 12.1. The van der Waals surface area contributed by atoms with Crippen molar-refractivity contribution < 1.29 is 23.0 Å². The molecule has 1 rings (SSSR count). The highest BCUT2D eigenvalue weighted by Crippen LogP contribution is 2.20. The van der Waals surface area contributed by atoms with Crippen molar-refractivity contribution >= 4 is 5.95 Å². The fourth-order valence-electron chi connectivity index (χ4n) is 1.14. The van der Waals surface area contributed by atoms with Gasteiger partial charge in [-0.2, -0.15) is 18.2 Å². The van der Waals surface area contributed by atoms with E-state index in [0.717, 1.165) is 0 Å². The van der Waals surface area contributed by atoms with E-state index in [4.69, 9.17) is 9.84 Å². The van der Waals surface area contributed by atoms with Gasteiger partial charge in [0.05, 0.1) is 13.2 Å². The third kappa shape index (κ3) is 4.36. The molecule has 0 saturated heterocycles. The van der Waals surface area contributed by atoms with E-state index >= 15 is 0 Å². The van der Waals surface area contributed by atoms with Gasteiger partial charge in [0.25, 0.3) is 0 Å². The smallest absolute Gasteiger partial charge is 0.416 e. The van der Waals surface area contributed by atoms with Crippen LogP contribution in [-0.4, -0.2) is 40.5 Å². The Labute approximate surface area is 102 Å². The van der Waals surface area contributed by atoms with Gasteiger partial charge >= 0.3 is 6.18 Å². The summed E-state index contributed by atoms with van der Waals surface area (Å²) in [4.78, 5) is 7.74. The maximum Gasteiger partial charge on any atom is 0.416 e. The lowest BCUT2D eigenvalue weighted by atomic mass is 10.3. The molecule has 0 fully saturated rings. The van der Waals surface area contributed by atoms with Crippen LogP contribution < -0.4 is 10.1 Å². The fraction of sp³-hybridized carbons (Fsp3) is 0.600. The van der Waals surface area contributed by atoms with Crippen LogP contribution in [0.5, 0.6) is 5.88 Å². The molecule has 0 bridgehead atoms. The molecular formula is C10H14F3N3O2. The molecule has 1 unspecified atom stereocenters. The van der Waals surface area contributed by atoms with E-state index in [0.29, 0.717) is 12.3 Å².